The van der Waals surface area contributed by atoms with Gasteiger partial charge >= 0.3 is 0 Å². The van der Waals surface area contributed by atoms with Crippen LogP contribution in [0.15, 0.2) is 18.2 Å². The Kier molecular flexibility index (Phi) is 5.80. The number of carbonyl (C=O) groups excluding carboxylic acids is 2. The second-order valence-electron chi connectivity index (χ2n) is 9.70. The van der Waals surface area contributed by atoms with E-state index >= 15 is 0 Å². The van der Waals surface area contributed by atoms with Crippen molar-refractivity contribution in [1.29, 1.82) is 0 Å². The zero-order valence-electron chi connectivity index (χ0n) is 18.8. The lowest BCUT2D eigenvalue weighted by Gasteiger charge is -2.42. The maximum absolute atomic E-state index is 13.5. The number of piperidine rings is 2. The average molecular weight is 414 g/mol. The van der Waals surface area contributed by atoms with Crippen LogP contribution in [0, 0.1) is 12.8 Å². The van der Waals surface area contributed by atoms with E-state index in [9.17, 15) is 9.59 Å². The number of hydrogen-bond acceptors (Lipinski definition) is 4. The molecule has 6 heteroatoms. The van der Waals surface area contributed by atoms with E-state index < -0.39 is 5.60 Å². The Bertz CT molecular complexity index is 816. The molecule has 1 aromatic rings. The molecule has 2 amide bonds. The molecule has 2 saturated heterocycles. The van der Waals surface area contributed by atoms with Crippen LogP contribution in [0.1, 0.15) is 55.5 Å². The monoisotopic (exact) mass is 413 g/mol. The van der Waals surface area contributed by atoms with Crippen LogP contribution in [0.2, 0.25) is 0 Å². The van der Waals surface area contributed by atoms with Gasteiger partial charge in [-0.05, 0) is 51.8 Å². The molecule has 0 bridgehead atoms. The summed E-state index contributed by atoms with van der Waals surface area (Å²) < 4.78 is 6.54. The lowest BCUT2D eigenvalue weighted by atomic mass is 9.90. The minimum Gasteiger partial charge on any atom is -0.484 e. The van der Waals surface area contributed by atoms with Gasteiger partial charge in [-0.2, -0.15) is 0 Å². The number of carbonyl (C=O) groups is 2. The van der Waals surface area contributed by atoms with E-state index in [1.54, 1.807) is 4.90 Å². The van der Waals surface area contributed by atoms with Crippen LogP contribution in [0.25, 0.3) is 0 Å². The Hall–Kier alpha value is -2.08. The van der Waals surface area contributed by atoms with Gasteiger partial charge in [0.05, 0.1) is 12.1 Å². The zero-order valence-corrected chi connectivity index (χ0v) is 18.8. The van der Waals surface area contributed by atoms with Crippen LogP contribution in [0.5, 0.6) is 5.75 Å². The molecule has 164 valence electrons. The number of likely N-dealkylation sites (tertiary alicyclic amines) is 2. The third-order valence-electron chi connectivity index (χ3n) is 7.38. The number of aryl methyl sites for hydroxylation is 1. The molecule has 30 heavy (non-hydrogen) atoms. The van der Waals surface area contributed by atoms with Gasteiger partial charge in [0, 0.05) is 38.5 Å². The summed E-state index contributed by atoms with van der Waals surface area (Å²) in [7, 11) is 2.12. The van der Waals surface area contributed by atoms with E-state index in [0.717, 1.165) is 50.9 Å². The molecule has 2 unspecified atom stereocenters. The summed E-state index contributed by atoms with van der Waals surface area (Å²) >= 11 is 0. The number of hydrogen-bond donors (Lipinski definition) is 0. The number of ether oxygens (including phenoxy) is 1. The first-order chi connectivity index (χ1) is 14.3. The Balaban J connectivity index is 1.62. The van der Waals surface area contributed by atoms with Crippen molar-refractivity contribution in [3.63, 3.8) is 0 Å². The van der Waals surface area contributed by atoms with Crippen molar-refractivity contribution < 1.29 is 14.3 Å². The highest BCUT2D eigenvalue weighted by Gasteiger charge is 2.43. The number of benzene rings is 1. The molecule has 3 aliphatic rings. The molecule has 0 aliphatic carbocycles. The summed E-state index contributed by atoms with van der Waals surface area (Å²) in [5, 5.41) is 0. The molecule has 0 saturated carbocycles. The molecular formula is C24H35N3O3. The third-order valence-corrected chi connectivity index (χ3v) is 7.38. The van der Waals surface area contributed by atoms with Crippen molar-refractivity contribution in [2.75, 3.05) is 39.8 Å². The highest BCUT2D eigenvalue weighted by molar-refractivity contribution is 5.99. The van der Waals surface area contributed by atoms with E-state index in [-0.39, 0.29) is 24.4 Å². The molecule has 3 aliphatic heterocycles. The summed E-state index contributed by atoms with van der Waals surface area (Å²) in [6.07, 6.45) is 3.90. The minimum absolute atomic E-state index is 0.0570. The van der Waals surface area contributed by atoms with Crippen molar-refractivity contribution in [3.8, 4) is 5.75 Å². The molecule has 6 nitrogen and oxygen atoms in total. The lowest BCUT2D eigenvalue weighted by molar-refractivity contribution is -0.137. The van der Waals surface area contributed by atoms with Crippen molar-refractivity contribution in [3.05, 3.63) is 29.3 Å². The van der Waals surface area contributed by atoms with E-state index in [4.69, 9.17) is 4.74 Å². The normalized spacial score (nSPS) is 26.9. The minimum atomic E-state index is -0.427. The Morgan fingerprint density at radius 3 is 2.67 bits per heavy atom. The van der Waals surface area contributed by atoms with E-state index in [2.05, 4.69) is 25.8 Å². The predicted molar refractivity (Wildman–Crippen MR) is 117 cm³/mol. The van der Waals surface area contributed by atoms with Gasteiger partial charge in [-0.15, -0.1) is 0 Å². The topological polar surface area (TPSA) is 53.1 Å². The largest absolute Gasteiger partial charge is 0.484 e. The van der Waals surface area contributed by atoms with Gasteiger partial charge in [-0.25, -0.2) is 0 Å². The summed E-state index contributed by atoms with van der Waals surface area (Å²) in [5.74, 6) is 1.12. The fraction of sp³-hybridized carbons (Fsp3) is 0.667. The van der Waals surface area contributed by atoms with Crippen LogP contribution in [0.4, 0.5) is 0 Å². The van der Waals surface area contributed by atoms with Gasteiger partial charge in [0.25, 0.3) is 5.91 Å². The van der Waals surface area contributed by atoms with Crippen molar-refractivity contribution in [2.24, 2.45) is 5.92 Å². The fourth-order valence-electron chi connectivity index (χ4n) is 5.11. The second kappa shape index (κ2) is 8.22. The third kappa shape index (κ3) is 4.07. The molecule has 0 radical (unpaired) electrons. The lowest BCUT2D eigenvalue weighted by Crippen LogP contribution is -2.56. The first kappa shape index (κ1) is 21.2. The maximum atomic E-state index is 13.5. The molecule has 1 spiro atoms. The van der Waals surface area contributed by atoms with Crippen molar-refractivity contribution in [1.82, 2.24) is 14.7 Å². The average Bonchev–Trinajstić information content (AvgIpc) is 2.82. The van der Waals surface area contributed by atoms with Gasteiger partial charge in [0.2, 0.25) is 5.91 Å². The highest BCUT2D eigenvalue weighted by atomic mass is 16.5. The Morgan fingerprint density at radius 1 is 1.20 bits per heavy atom. The quantitative estimate of drug-likeness (QED) is 0.748. The second-order valence-corrected chi connectivity index (χ2v) is 9.70. The van der Waals surface area contributed by atoms with E-state index in [0.29, 0.717) is 23.8 Å². The standard InChI is InChI=1S/C24H35N3O3/c1-17-7-8-21-20(14-17)23(29)26(16-24(30-21)9-12-25(4)13-10-24)15-22(28)27-11-5-6-18(2)19(27)3/h7-8,14,18-19H,5-6,9-13,15-16H2,1-4H3. The van der Waals surface area contributed by atoms with Crippen molar-refractivity contribution >= 4 is 11.8 Å². The van der Waals surface area contributed by atoms with Gasteiger partial charge in [-0.1, -0.05) is 18.6 Å². The van der Waals surface area contributed by atoms with E-state index in [1.165, 1.54) is 0 Å². The van der Waals surface area contributed by atoms with Gasteiger partial charge in [0.1, 0.15) is 17.9 Å². The van der Waals surface area contributed by atoms with Crippen LogP contribution >= 0.6 is 0 Å². The predicted octanol–water partition coefficient (Wildman–Crippen LogP) is 2.94. The van der Waals surface area contributed by atoms with Crippen LogP contribution in [0.3, 0.4) is 0 Å². The summed E-state index contributed by atoms with van der Waals surface area (Å²) in [5.41, 5.74) is 1.18. The summed E-state index contributed by atoms with van der Waals surface area (Å²) in [6, 6.07) is 6.03. The molecule has 2 fully saturated rings. The number of nitrogens with zero attached hydrogens (tertiary/aromatic N) is 3. The fourth-order valence-corrected chi connectivity index (χ4v) is 5.11. The van der Waals surface area contributed by atoms with Gasteiger partial charge < -0.3 is 19.4 Å². The molecular weight excluding hydrogens is 378 g/mol. The molecule has 4 rings (SSSR count). The molecule has 0 N–H and O–H groups in total. The van der Waals surface area contributed by atoms with Gasteiger partial charge in [-0.3, -0.25) is 9.59 Å². The van der Waals surface area contributed by atoms with Crippen LogP contribution in [-0.4, -0.2) is 77.9 Å². The molecule has 2 atom stereocenters. The molecule has 1 aromatic carbocycles. The summed E-state index contributed by atoms with van der Waals surface area (Å²) in [4.78, 5) is 32.8. The van der Waals surface area contributed by atoms with Crippen LogP contribution in [-0.2, 0) is 4.79 Å². The van der Waals surface area contributed by atoms with Crippen molar-refractivity contribution in [2.45, 2.75) is 58.1 Å². The first-order valence-electron chi connectivity index (χ1n) is 11.3. The summed E-state index contributed by atoms with van der Waals surface area (Å²) in [6.45, 7) is 9.56. The number of amides is 2. The number of rotatable bonds is 2. The van der Waals surface area contributed by atoms with Gasteiger partial charge in [0.15, 0.2) is 0 Å². The Morgan fingerprint density at radius 2 is 1.93 bits per heavy atom. The van der Waals surface area contributed by atoms with Crippen LogP contribution < -0.4 is 4.74 Å². The highest BCUT2D eigenvalue weighted by Crippen LogP contribution is 2.36. The maximum Gasteiger partial charge on any atom is 0.258 e. The first-order valence-corrected chi connectivity index (χ1v) is 11.3. The SMILES string of the molecule is Cc1ccc2c(c1)C(=O)N(CC(=O)N1CCCC(C)C1C)CC1(CCN(C)CC1)O2. The smallest absolute Gasteiger partial charge is 0.258 e. The number of fused-ring (bicyclic) bond motifs is 1. The zero-order chi connectivity index (χ0) is 21.5. The van der Waals surface area contributed by atoms with E-state index in [1.807, 2.05) is 30.0 Å². The molecule has 3 heterocycles. The molecule has 0 aromatic heterocycles. The Labute approximate surface area is 180 Å².